The smallest absolute Gasteiger partial charge is 0.320 e. The fourth-order valence-corrected chi connectivity index (χ4v) is 2.90. The number of methoxy groups -OCH3 is 3. The first-order valence-corrected chi connectivity index (χ1v) is 8.39. The van der Waals surface area contributed by atoms with E-state index in [-0.39, 0.29) is 12.2 Å². The Morgan fingerprint density at radius 2 is 1.37 bits per heavy atom. The first kappa shape index (κ1) is 20.2. The lowest BCUT2D eigenvalue weighted by Gasteiger charge is -2.23. The molecule has 0 aliphatic carbocycles. The third-order valence-electron chi connectivity index (χ3n) is 4.36. The summed E-state index contributed by atoms with van der Waals surface area (Å²) in [6.45, 7) is 0. The lowest BCUT2D eigenvalue weighted by Crippen LogP contribution is -2.33. The molecule has 0 spiro atoms. The zero-order valence-electron chi connectivity index (χ0n) is 15.5. The predicted octanol–water partition coefficient (Wildman–Crippen LogP) is 3.01. The Morgan fingerprint density at radius 3 is 1.85 bits per heavy atom. The lowest BCUT2D eigenvalue weighted by molar-refractivity contribution is -0.159. The topological polar surface area (TPSA) is 78.9 Å². The lowest BCUT2D eigenvalue weighted by atomic mass is 9.81. The van der Waals surface area contributed by atoms with E-state index in [1.54, 1.807) is 48.5 Å². The molecular weight excluding hydrogens is 348 g/mol. The summed E-state index contributed by atoms with van der Waals surface area (Å²) in [7, 11) is 3.93. The minimum atomic E-state index is -1.25. The van der Waals surface area contributed by atoms with Crippen molar-refractivity contribution in [3.8, 4) is 5.75 Å². The molecule has 2 aromatic rings. The molecule has 2 rings (SSSR count). The van der Waals surface area contributed by atoms with E-state index in [1.807, 2.05) is 6.07 Å². The number of ketones is 1. The van der Waals surface area contributed by atoms with Crippen molar-refractivity contribution in [2.75, 3.05) is 21.3 Å². The van der Waals surface area contributed by atoms with Crippen LogP contribution in [0.25, 0.3) is 0 Å². The van der Waals surface area contributed by atoms with Gasteiger partial charge in [-0.15, -0.1) is 0 Å². The van der Waals surface area contributed by atoms with Crippen LogP contribution in [-0.2, 0) is 19.1 Å². The van der Waals surface area contributed by atoms with Crippen LogP contribution in [0, 0.1) is 5.92 Å². The zero-order valence-corrected chi connectivity index (χ0v) is 15.5. The van der Waals surface area contributed by atoms with E-state index in [0.29, 0.717) is 16.9 Å². The van der Waals surface area contributed by atoms with Gasteiger partial charge in [-0.2, -0.15) is 0 Å². The van der Waals surface area contributed by atoms with Crippen LogP contribution in [0.4, 0.5) is 0 Å². The fraction of sp³-hybridized carbons (Fsp3) is 0.286. The van der Waals surface area contributed by atoms with Crippen LogP contribution in [0.5, 0.6) is 5.75 Å². The number of rotatable bonds is 8. The molecule has 0 aromatic heterocycles. The highest BCUT2D eigenvalue weighted by Gasteiger charge is 2.39. The SMILES string of the molecule is COC(=O)C(C(=O)OC)C(CC(=O)c1ccccc1)c1ccc(OC)cc1. The second-order valence-electron chi connectivity index (χ2n) is 5.90. The van der Waals surface area contributed by atoms with E-state index in [4.69, 9.17) is 14.2 Å². The van der Waals surface area contributed by atoms with Crippen LogP contribution in [0.15, 0.2) is 54.6 Å². The van der Waals surface area contributed by atoms with Crippen molar-refractivity contribution in [1.29, 1.82) is 0 Å². The maximum Gasteiger partial charge on any atom is 0.320 e. The number of Topliss-reactive ketones (excluding diaryl/α,β-unsaturated/α-hetero) is 1. The molecule has 142 valence electrons. The van der Waals surface area contributed by atoms with Crippen LogP contribution < -0.4 is 4.74 Å². The Bertz CT molecular complexity index is 766. The standard InChI is InChI=1S/C21H22O6/c1-25-16-11-9-14(10-12-16)17(19(20(23)26-2)21(24)27-3)13-18(22)15-7-5-4-6-8-15/h4-12,17,19H,13H2,1-3H3. The van der Waals surface area contributed by atoms with Crippen LogP contribution >= 0.6 is 0 Å². The van der Waals surface area contributed by atoms with Crippen molar-refractivity contribution < 1.29 is 28.6 Å². The van der Waals surface area contributed by atoms with Gasteiger partial charge in [-0.25, -0.2) is 0 Å². The maximum atomic E-state index is 12.7. The number of benzene rings is 2. The Balaban J connectivity index is 2.43. The van der Waals surface area contributed by atoms with E-state index in [1.165, 1.54) is 21.3 Å². The summed E-state index contributed by atoms with van der Waals surface area (Å²) in [5.74, 6) is -3.04. The molecule has 6 nitrogen and oxygen atoms in total. The van der Waals surface area contributed by atoms with Gasteiger partial charge in [0, 0.05) is 17.9 Å². The molecule has 0 heterocycles. The number of hydrogen-bond acceptors (Lipinski definition) is 6. The summed E-state index contributed by atoms with van der Waals surface area (Å²) in [4.78, 5) is 37.4. The first-order chi connectivity index (χ1) is 13.0. The fourth-order valence-electron chi connectivity index (χ4n) is 2.90. The molecule has 1 unspecified atom stereocenters. The summed E-state index contributed by atoms with van der Waals surface area (Å²) in [5, 5.41) is 0. The van der Waals surface area contributed by atoms with Gasteiger partial charge in [0.1, 0.15) is 5.75 Å². The minimum Gasteiger partial charge on any atom is -0.497 e. The number of esters is 2. The van der Waals surface area contributed by atoms with Crippen LogP contribution in [0.2, 0.25) is 0 Å². The van der Waals surface area contributed by atoms with E-state index < -0.39 is 23.8 Å². The summed E-state index contributed by atoms with van der Waals surface area (Å²) in [5.41, 5.74) is 1.14. The van der Waals surface area contributed by atoms with E-state index in [2.05, 4.69) is 0 Å². The third kappa shape index (κ3) is 4.94. The maximum absolute atomic E-state index is 12.7. The normalized spacial score (nSPS) is 11.6. The highest BCUT2D eigenvalue weighted by atomic mass is 16.5. The molecule has 0 saturated heterocycles. The van der Waals surface area contributed by atoms with Gasteiger partial charge in [0.15, 0.2) is 11.7 Å². The number of carbonyl (C=O) groups excluding carboxylic acids is 3. The molecule has 1 atom stereocenters. The number of carbonyl (C=O) groups is 3. The predicted molar refractivity (Wildman–Crippen MR) is 98.6 cm³/mol. The van der Waals surface area contributed by atoms with Gasteiger partial charge in [0.2, 0.25) is 0 Å². The van der Waals surface area contributed by atoms with Gasteiger partial charge in [-0.1, -0.05) is 42.5 Å². The molecule has 0 bridgehead atoms. The second kappa shape index (κ2) is 9.52. The molecule has 0 aliphatic heterocycles. The van der Waals surface area contributed by atoms with E-state index in [0.717, 1.165) is 0 Å². The Kier molecular flexibility index (Phi) is 7.11. The van der Waals surface area contributed by atoms with Crippen molar-refractivity contribution in [1.82, 2.24) is 0 Å². The summed E-state index contributed by atoms with van der Waals surface area (Å²) in [6.07, 6.45) is -0.0504. The molecular formula is C21H22O6. The minimum absolute atomic E-state index is 0.0504. The van der Waals surface area contributed by atoms with Crippen molar-refractivity contribution in [3.63, 3.8) is 0 Å². The van der Waals surface area contributed by atoms with Crippen molar-refractivity contribution in [3.05, 3.63) is 65.7 Å². The van der Waals surface area contributed by atoms with Crippen molar-refractivity contribution in [2.24, 2.45) is 5.92 Å². The summed E-state index contributed by atoms with van der Waals surface area (Å²) in [6, 6.07) is 15.6. The monoisotopic (exact) mass is 370 g/mol. The van der Waals surface area contributed by atoms with Crippen LogP contribution in [-0.4, -0.2) is 39.1 Å². The molecule has 6 heteroatoms. The first-order valence-electron chi connectivity index (χ1n) is 8.39. The van der Waals surface area contributed by atoms with Gasteiger partial charge in [-0.05, 0) is 17.7 Å². The third-order valence-corrected chi connectivity index (χ3v) is 4.36. The molecule has 0 aliphatic rings. The van der Waals surface area contributed by atoms with E-state index in [9.17, 15) is 14.4 Å². The average Bonchev–Trinajstić information content (AvgIpc) is 2.73. The molecule has 0 radical (unpaired) electrons. The second-order valence-corrected chi connectivity index (χ2v) is 5.90. The largest absolute Gasteiger partial charge is 0.497 e. The highest BCUT2D eigenvalue weighted by Crippen LogP contribution is 2.32. The average molecular weight is 370 g/mol. The molecule has 0 N–H and O–H groups in total. The molecule has 27 heavy (non-hydrogen) atoms. The number of hydrogen-bond donors (Lipinski definition) is 0. The summed E-state index contributed by atoms with van der Waals surface area (Å²) < 4.78 is 14.7. The molecule has 2 aromatic carbocycles. The van der Waals surface area contributed by atoms with E-state index >= 15 is 0 Å². The van der Waals surface area contributed by atoms with Crippen molar-refractivity contribution in [2.45, 2.75) is 12.3 Å². The number of ether oxygens (including phenoxy) is 3. The zero-order chi connectivity index (χ0) is 19.8. The van der Waals surface area contributed by atoms with Gasteiger partial charge in [-0.3, -0.25) is 14.4 Å². The van der Waals surface area contributed by atoms with Gasteiger partial charge in [0.25, 0.3) is 0 Å². The van der Waals surface area contributed by atoms with Gasteiger partial charge >= 0.3 is 11.9 Å². The molecule has 0 amide bonds. The van der Waals surface area contributed by atoms with Crippen LogP contribution in [0.3, 0.4) is 0 Å². The van der Waals surface area contributed by atoms with Crippen LogP contribution in [0.1, 0.15) is 28.3 Å². The quantitative estimate of drug-likeness (QED) is 0.404. The summed E-state index contributed by atoms with van der Waals surface area (Å²) >= 11 is 0. The Morgan fingerprint density at radius 1 is 0.815 bits per heavy atom. The highest BCUT2D eigenvalue weighted by molar-refractivity contribution is 6.00. The van der Waals surface area contributed by atoms with Crippen molar-refractivity contribution >= 4 is 17.7 Å². The van der Waals surface area contributed by atoms with Gasteiger partial charge < -0.3 is 14.2 Å². The van der Waals surface area contributed by atoms with Gasteiger partial charge in [0.05, 0.1) is 21.3 Å². The molecule has 0 fully saturated rings. The molecule has 0 saturated carbocycles. The Labute approximate surface area is 158 Å². The Hall–Kier alpha value is -3.15.